The van der Waals surface area contributed by atoms with Crippen LogP contribution in [0.4, 0.5) is 0 Å². The fourth-order valence-corrected chi connectivity index (χ4v) is 5.03. The van der Waals surface area contributed by atoms with E-state index in [0.29, 0.717) is 19.6 Å². The quantitative estimate of drug-likeness (QED) is 0.887. The summed E-state index contributed by atoms with van der Waals surface area (Å²) in [6, 6.07) is 5.78. The van der Waals surface area contributed by atoms with Gasteiger partial charge in [0.05, 0.1) is 11.8 Å². The van der Waals surface area contributed by atoms with Gasteiger partial charge >= 0.3 is 0 Å². The molecule has 1 aliphatic carbocycles. The fraction of sp³-hybridized carbons (Fsp3) is 0.562. The molecule has 8 heteroatoms. The molecule has 7 nitrogen and oxygen atoms in total. The molecule has 2 fully saturated rings. The topological polar surface area (TPSA) is 82.4 Å². The van der Waals surface area contributed by atoms with Gasteiger partial charge in [0.2, 0.25) is 10.0 Å². The summed E-state index contributed by atoms with van der Waals surface area (Å²) in [6.07, 6.45) is 4.21. The minimum absolute atomic E-state index is 0.119. The van der Waals surface area contributed by atoms with E-state index in [1.54, 1.807) is 10.5 Å². The number of rotatable bonds is 5. The van der Waals surface area contributed by atoms with Crippen LogP contribution in [-0.2, 0) is 16.6 Å². The van der Waals surface area contributed by atoms with E-state index in [9.17, 15) is 8.42 Å². The van der Waals surface area contributed by atoms with Crippen molar-refractivity contribution in [3.63, 3.8) is 0 Å². The van der Waals surface area contributed by atoms with Gasteiger partial charge in [0.15, 0.2) is 5.76 Å². The molecule has 2 aliphatic rings. The third kappa shape index (κ3) is 3.26. The van der Waals surface area contributed by atoms with Gasteiger partial charge in [-0.25, -0.2) is 12.7 Å². The van der Waals surface area contributed by atoms with E-state index in [4.69, 9.17) is 4.42 Å². The monoisotopic (exact) mass is 350 g/mol. The molecule has 24 heavy (non-hydrogen) atoms. The van der Waals surface area contributed by atoms with Crippen LogP contribution in [0, 0.1) is 0 Å². The van der Waals surface area contributed by atoms with Crippen LogP contribution < -0.4 is 0 Å². The molecule has 130 valence electrons. The molecule has 1 N–H and O–H groups in total. The highest BCUT2D eigenvalue weighted by molar-refractivity contribution is 7.90. The van der Waals surface area contributed by atoms with Crippen LogP contribution in [0.5, 0.6) is 0 Å². The van der Waals surface area contributed by atoms with Crippen LogP contribution in [0.25, 0.3) is 11.5 Å². The Bertz CT molecular complexity index is 780. The largest absolute Gasteiger partial charge is 0.458 e. The first-order valence-corrected chi connectivity index (χ1v) is 9.93. The zero-order valence-corrected chi connectivity index (χ0v) is 14.3. The third-order valence-corrected chi connectivity index (χ3v) is 7.06. The Balaban J connectivity index is 1.38. The Morgan fingerprint density at radius 1 is 1.17 bits per heavy atom. The summed E-state index contributed by atoms with van der Waals surface area (Å²) in [5, 5.41) is 6.70. The van der Waals surface area contributed by atoms with Crippen molar-refractivity contribution in [2.75, 3.05) is 26.2 Å². The minimum Gasteiger partial charge on any atom is -0.458 e. The van der Waals surface area contributed by atoms with Gasteiger partial charge in [-0.3, -0.25) is 10.00 Å². The maximum Gasteiger partial charge on any atom is 0.217 e. The summed E-state index contributed by atoms with van der Waals surface area (Å²) < 4.78 is 32.3. The van der Waals surface area contributed by atoms with Crippen LogP contribution in [0.1, 0.15) is 25.0 Å². The number of aromatic amines is 1. The molecule has 0 atom stereocenters. The minimum atomic E-state index is -3.06. The maximum absolute atomic E-state index is 12.4. The van der Waals surface area contributed by atoms with Crippen molar-refractivity contribution in [1.29, 1.82) is 0 Å². The molecule has 0 amide bonds. The van der Waals surface area contributed by atoms with Crippen molar-refractivity contribution in [3.8, 4) is 11.5 Å². The summed E-state index contributed by atoms with van der Waals surface area (Å²) in [6.45, 7) is 3.54. The number of hydrogen-bond acceptors (Lipinski definition) is 5. The molecular weight excluding hydrogens is 328 g/mol. The Labute approximate surface area is 141 Å². The lowest BCUT2D eigenvalue weighted by molar-refractivity contribution is 0.256. The second kappa shape index (κ2) is 6.34. The van der Waals surface area contributed by atoms with Crippen molar-refractivity contribution >= 4 is 10.0 Å². The molecule has 1 saturated carbocycles. The van der Waals surface area contributed by atoms with Gasteiger partial charge < -0.3 is 4.42 Å². The summed E-state index contributed by atoms with van der Waals surface area (Å²) in [5.74, 6) is 1.66. The molecule has 0 aromatic carbocycles. The normalized spacial score (nSPS) is 21.0. The number of hydrogen-bond donors (Lipinski definition) is 1. The Morgan fingerprint density at radius 2 is 2.04 bits per heavy atom. The number of sulfonamides is 1. The second-order valence-corrected chi connectivity index (χ2v) is 8.72. The summed E-state index contributed by atoms with van der Waals surface area (Å²) in [7, 11) is -3.06. The average Bonchev–Trinajstić information content (AvgIpc) is 3.19. The maximum atomic E-state index is 12.4. The smallest absolute Gasteiger partial charge is 0.217 e. The first-order valence-electron chi connectivity index (χ1n) is 8.43. The van der Waals surface area contributed by atoms with Crippen molar-refractivity contribution in [3.05, 3.63) is 30.2 Å². The molecule has 1 aliphatic heterocycles. The number of nitrogens with zero attached hydrogens (tertiary/aromatic N) is 3. The summed E-state index contributed by atoms with van der Waals surface area (Å²) >= 11 is 0. The Kier molecular flexibility index (Phi) is 4.19. The third-order valence-electron chi connectivity index (χ3n) is 4.66. The predicted molar refractivity (Wildman–Crippen MR) is 89.7 cm³/mol. The molecule has 4 rings (SSSR count). The van der Waals surface area contributed by atoms with Gasteiger partial charge in [0.1, 0.15) is 11.5 Å². The SMILES string of the molecule is O=S(=O)(C1CC1)N1CCCN(Cc2ccc(-c3ccn[nH]3)o2)CC1. The van der Waals surface area contributed by atoms with E-state index in [-0.39, 0.29) is 5.25 Å². The Morgan fingerprint density at radius 3 is 2.79 bits per heavy atom. The molecule has 0 bridgehead atoms. The zero-order valence-electron chi connectivity index (χ0n) is 13.5. The number of nitrogens with one attached hydrogen (secondary N) is 1. The van der Waals surface area contributed by atoms with Gasteiger partial charge in [-0.1, -0.05) is 0 Å². The summed E-state index contributed by atoms with van der Waals surface area (Å²) in [4.78, 5) is 2.26. The van der Waals surface area contributed by atoms with E-state index in [2.05, 4.69) is 15.1 Å². The first-order chi connectivity index (χ1) is 11.6. The molecule has 0 radical (unpaired) electrons. The van der Waals surface area contributed by atoms with E-state index in [1.807, 2.05) is 18.2 Å². The Hall–Kier alpha value is -1.64. The molecule has 2 aromatic heterocycles. The van der Waals surface area contributed by atoms with E-state index in [0.717, 1.165) is 49.6 Å². The van der Waals surface area contributed by atoms with E-state index >= 15 is 0 Å². The van der Waals surface area contributed by atoms with Crippen LogP contribution in [0.2, 0.25) is 0 Å². The highest BCUT2D eigenvalue weighted by Crippen LogP contribution is 2.31. The lowest BCUT2D eigenvalue weighted by Crippen LogP contribution is -2.37. The van der Waals surface area contributed by atoms with Gasteiger partial charge in [-0.2, -0.15) is 5.10 Å². The zero-order chi connectivity index (χ0) is 16.6. The van der Waals surface area contributed by atoms with Gasteiger partial charge in [-0.05, 0) is 44.0 Å². The molecular formula is C16H22N4O3S. The van der Waals surface area contributed by atoms with Crippen LogP contribution in [0.3, 0.4) is 0 Å². The molecule has 2 aromatic rings. The standard InChI is InChI=1S/C16H22N4O3S/c21-24(22,14-3-4-14)20-9-1-8-19(10-11-20)12-13-2-5-16(23-13)15-6-7-17-18-15/h2,5-7,14H,1,3-4,8-12H2,(H,17,18). The van der Waals surface area contributed by atoms with Gasteiger partial charge in [0, 0.05) is 25.8 Å². The average molecular weight is 350 g/mol. The van der Waals surface area contributed by atoms with Crippen LogP contribution in [-0.4, -0.2) is 59.2 Å². The molecule has 0 spiro atoms. The summed E-state index contributed by atoms with van der Waals surface area (Å²) in [5.41, 5.74) is 0.860. The highest BCUT2D eigenvalue weighted by Gasteiger charge is 2.40. The second-order valence-electron chi connectivity index (χ2n) is 6.51. The van der Waals surface area contributed by atoms with Crippen LogP contribution >= 0.6 is 0 Å². The predicted octanol–water partition coefficient (Wildman–Crippen LogP) is 1.67. The van der Waals surface area contributed by atoms with Crippen LogP contribution in [0.15, 0.2) is 28.8 Å². The van der Waals surface area contributed by atoms with Crippen molar-refractivity contribution in [2.24, 2.45) is 0 Å². The molecule has 1 saturated heterocycles. The lowest BCUT2D eigenvalue weighted by atomic mass is 10.3. The van der Waals surface area contributed by atoms with Gasteiger partial charge in [0.25, 0.3) is 0 Å². The molecule has 0 unspecified atom stereocenters. The lowest BCUT2D eigenvalue weighted by Gasteiger charge is -2.21. The van der Waals surface area contributed by atoms with Crippen molar-refractivity contribution in [2.45, 2.75) is 31.1 Å². The highest BCUT2D eigenvalue weighted by atomic mass is 32.2. The molecule has 3 heterocycles. The fourth-order valence-electron chi connectivity index (χ4n) is 3.16. The number of furan rings is 1. The number of H-pyrrole nitrogens is 1. The van der Waals surface area contributed by atoms with E-state index < -0.39 is 10.0 Å². The van der Waals surface area contributed by atoms with E-state index in [1.165, 1.54) is 0 Å². The van der Waals surface area contributed by atoms with Crippen molar-refractivity contribution < 1.29 is 12.8 Å². The first kappa shape index (κ1) is 15.9. The van der Waals surface area contributed by atoms with Crippen molar-refractivity contribution in [1.82, 2.24) is 19.4 Å². The number of aromatic nitrogens is 2. The van der Waals surface area contributed by atoms with Gasteiger partial charge in [-0.15, -0.1) is 0 Å².